The van der Waals surface area contributed by atoms with Gasteiger partial charge in [-0.1, -0.05) is 24.3 Å². The van der Waals surface area contributed by atoms with Gasteiger partial charge in [-0.15, -0.1) is 0 Å². The van der Waals surface area contributed by atoms with Crippen LogP contribution in [0.25, 0.3) is 0 Å². The van der Waals surface area contributed by atoms with Crippen molar-refractivity contribution >= 4 is 0 Å². The van der Waals surface area contributed by atoms with E-state index in [1.54, 1.807) is 0 Å². The number of hydrogen-bond acceptors (Lipinski definition) is 3. The van der Waals surface area contributed by atoms with Crippen LogP contribution in [0.1, 0.15) is 36.1 Å². The number of benzene rings is 1. The Morgan fingerprint density at radius 1 is 1.29 bits per heavy atom. The molecule has 1 aliphatic carbocycles. The first-order valence-corrected chi connectivity index (χ1v) is 6.41. The average molecular weight is 232 g/mol. The van der Waals surface area contributed by atoms with Crippen molar-refractivity contribution < 1.29 is 4.74 Å². The molecule has 1 fully saturated rings. The van der Waals surface area contributed by atoms with Gasteiger partial charge < -0.3 is 10.5 Å². The van der Waals surface area contributed by atoms with Crippen LogP contribution in [0.5, 0.6) is 0 Å². The maximum absolute atomic E-state index is 6.21. The van der Waals surface area contributed by atoms with Crippen molar-refractivity contribution in [2.45, 2.75) is 31.0 Å². The second kappa shape index (κ2) is 4.41. The highest BCUT2D eigenvalue weighted by molar-refractivity contribution is 5.37. The maximum atomic E-state index is 6.21. The third-order valence-corrected chi connectivity index (χ3v) is 4.18. The van der Waals surface area contributed by atoms with Crippen molar-refractivity contribution in [3.05, 3.63) is 35.4 Å². The Balaban J connectivity index is 1.82. The lowest BCUT2D eigenvalue weighted by atomic mass is 10.1. The van der Waals surface area contributed by atoms with Crippen LogP contribution in [0.4, 0.5) is 0 Å². The molecule has 3 rings (SSSR count). The summed E-state index contributed by atoms with van der Waals surface area (Å²) >= 11 is 0. The predicted molar refractivity (Wildman–Crippen MR) is 67.7 cm³/mol. The number of ether oxygens (including phenoxy) is 1. The van der Waals surface area contributed by atoms with Gasteiger partial charge in [-0.05, 0) is 24.0 Å². The van der Waals surface area contributed by atoms with Gasteiger partial charge in [-0.2, -0.15) is 0 Å². The lowest BCUT2D eigenvalue weighted by molar-refractivity contribution is 0.100. The van der Waals surface area contributed by atoms with E-state index < -0.39 is 0 Å². The van der Waals surface area contributed by atoms with Crippen molar-refractivity contribution in [3.63, 3.8) is 0 Å². The van der Waals surface area contributed by atoms with Crippen molar-refractivity contribution in [2.75, 3.05) is 20.2 Å². The fraction of sp³-hybridized carbons (Fsp3) is 0.571. The summed E-state index contributed by atoms with van der Waals surface area (Å²) in [6.45, 7) is 2.17. The van der Waals surface area contributed by atoms with Gasteiger partial charge in [-0.25, -0.2) is 0 Å². The number of rotatable bonds is 2. The van der Waals surface area contributed by atoms with E-state index in [4.69, 9.17) is 10.5 Å². The summed E-state index contributed by atoms with van der Waals surface area (Å²) in [5.41, 5.74) is 8.97. The fourth-order valence-corrected chi connectivity index (χ4v) is 3.22. The lowest BCUT2D eigenvalue weighted by Crippen LogP contribution is -2.27. The molecule has 3 heteroatoms. The van der Waals surface area contributed by atoms with Crippen molar-refractivity contribution in [1.29, 1.82) is 0 Å². The second-order valence-electron chi connectivity index (χ2n) is 5.13. The SMILES string of the molecule is COC1CCN(C2CC(N)c3ccccc32)C1. The molecule has 1 heterocycles. The Hall–Kier alpha value is -0.900. The van der Waals surface area contributed by atoms with Gasteiger partial charge in [0.25, 0.3) is 0 Å². The van der Waals surface area contributed by atoms with Crippen LogP contribution in [-0.4, -0.2) is 31.2 Å². The molecular weight excluding hydrogens is 212 g/mol. The number of hydrogen-bond donors (Lipinski definition) is 1. The summed E-state index contributed by atoms with van der Waals surface area (Å²) in [6.07, 6.45) is 2.60. The molecule has 2 aliphatic rings. The second-order valence-corrected chi connectivity index (χ2v) is 5.13. The van der Waals surface area contributed by atoms with E-state index in [0.29, 0.717) is 12.1 Å². The molecule has 0 aromatic heterocycles. The first kappa shape index (κ1) is 11.2. The Bertz CT molecular complexity index is 407. The standard InChI is InChI=1S/C14H20N2O/c1-17-10-6-7-16(9-10)14-8-13(15)11-4-2-3-5-12(11)14/h2-5,10,13-14H,6-9,15H2,1H3. The molecule has 0 amide bonds. The van der Waals surface area contributed by atoms with Crippen molar-refractivity contribution in [2.24, 2.45) is 5.73 Å². The van der Waals surface area contributed by atoms with Crippen molar-refractivity contribution in [3.8, 4) is 0 Å². The molecule has 3 nitrogen and oxygen atoms in total. The summed E-state index contributed by atoms with van der Waals surface area (Å²) in [5.74, 6) is 0. The zero-order valence-corrected chi connectivity index (χ0v) is 10.3. The molecule has 92 valence electrons. The largest absolute Gasteiger partial charge is 0.380 e. The molecule has 0 bridgehead atoms. The van der Waals surface area contributed by atoms with Gasteiger partial charge in [0.15, 0.2) is 0 Å². The number of methoxy groups -OCH3 is 1. The highest BCUT2D eigenvalue weighted by Gasteiger charge is 2.35. The van der Waals surface area contributed by atoms with E-state index in [2.05, 4.69) is 29.2 Å². The average Bonchev–Trinajstić information content (AvgIpc) is 2.95. The van der Waals surface area contributed by atoms with E-state index in [1.165, 1.54) is 11.1 Å². The number of nitrogens with two attached hydrogens (primary N) is 1. The molecule has 0 radical (unpaired) electrons. The minimum Gasteiger partial charge on any atom is -0.380 e. The summed E-state index contributed by atoms with van der Waals surface area (Å²) in [4.78, 5) is 2.53. The van der Waals surface area contributed by atoms with Crippen LogP contribution < -0.4 is 5.73 Å². The summed E-state index contributed by atoms with van der Waals surface area (Å²) in [6, 6.07) is 9.31. The molecule has 0 spiro atoms. The maximum Gasteiger partial charge on any atom is 0.0710 e. The van der Waals surface area contributed by atoms with E-state index in [9.17, 15) is 0 Å². The van der Waals surface area contributed by atoms with Gasteiger partial charge in [-0.3, -0.25) is 4.90 Å². The highest BCUT2D eigenvalue weighted by atomic mass is 16.5. The number of fused-ring (bicyclic) bond motifs is 1. The summed E-state index contributed by atoms with van der Waals surface area (Å²) in [7, 11) is 1.81. The normalized spacial score (nSPS) is 32.9. The van der Waals surface area contributed by atoms with E-state index in [-0.39, 0.29) is 6.04 Å². The lowest BCUT2D eigenvalue weighted by Gasteiger charge is -2.24. The van der Waals surface area contributed by atoms with Crippen LogP contribution in [0.3, 0.4) is 0 Å². The molecule has 17 heavy (non-hydrogen) atoms. The molecule has 3 unspecified atom stereocenters. The third kappa shape index (κ3) is 1.88. The molecule has 1 aromatic rings. The molecule has 1 saturated heterocycles. The smallest absolute Gasteiger partial charge is 0.0710 e. The van der Waals surface area contributed by atoms with Gasteiger partial charge >= 0.3 is 0 Å². The zero-order valence-electron chi connectivity index (χ0n) is 10.3. The topological polar surface area (TPSA) is 38.5 Å². The minimum atomic E-state index is 0.206. The summed E-state index contributed by atoms with van der Waals surface area (Å²) < 4.78 is 5.44. The minimum absolute atomic E-state index is 0.206. The third-order valence-electron chi connectivity index (χ3n) is 4.18. The van der Waals surface area contributed by atoms with Crippen LogP contribution >= 0.6 is 0 Å². The first-order valence-electron chi connectivity index (χ1n) is 6.41. The monoisotopic (exact) mass is 232 g/mol. The van der Waals surface area contributed by atoms with Crippen LogP contribution in [-0.2, 0) is 4.74 Å². The van der Waals surface area contributed by atoms with Gasteiger partial charge in [0.1, 0.15) is 0 Å². The van der Waals surface area contributed by atoms with E-state index >= 15 is 0 Å². The van der Waals surface area contributed by atoms with Gasteiger partial charge in [0.2, 0.25) is 0 Å². The Morgan fingerprint density at radius 2 is 2.06 bits per heavy atom. The van der Waals surface area contributed by atoms with Crippen LogP contribution in [0, 0.1) is 0 Å². The number of likely N-dealkylation sites (tertiary alicyclic amines) is 1. The molecule has 0 saturated carbocycles. The Labute approximate surface area is 103 Å². The van der Waals surface area contributed by atoms with E-state index in [0.717, 1.165) is 25.9 Å². The molecule has 2 N–H and O–H groups in total. The molecule has 3 atom stereocenters. The quantitative estimate of drug-likeness (QED) is 0.845. The molecule has 1 aliphatic heterocycles. The fourth-order valence-electron chi connectivity index (χ4n) is 3.22. The first-order chi connectivity index (χ1) is 8.29. The van der Waals surface area contributed by atoms with Crippen molar-refractivity contribution in [1.82, 2.24) is 4.90 Å². The Morgan fingerprint density at radius 3 is 2.76 bits per heavy atom. The summed E-state index contributed by atoms with van der Waals surface area (Å²) in [5, 5.41) is 0. The van der Waals surface area contributed by atoms with Gasteiger partial charge in [0.05, 0.1) is 6.10 Å². The van der Waals surface area contributed by atoms with Crippen LogP contribution in [0.2, 0.25) is 0 Å². The highest BCUT2D eigenvalue weighted by Crippen LogP contribution is 2.42. The zero-order chi connectivity index (χ0) is 11.8. The van der Waals surface area contributed by atoms with Gasteiger partial charge in [0, 0.05) is 32.3 Å². The van der Waals surface area contributed by atoms with Crippen LogP contribution in [0.15, 0.2) is 24.3 Å². The molecule has 1 aromatic carbocycles. The number of nitrogens with zero attached hydrogens (tertiary/aromatic N) is 1. The Kier molecular flexibility index (Phi) is 2.90. The van der Waals surface area contributed by atoms with E-state index in [1.807, 2.05) is 7.11 Å². The predicted octanol–water partition coefficient (Wildman–Crippen LogP) is 1.85. The molecular formula is C14H20N2O.